The predicted molar refractivity (Wildman–Crippen MR) is 185 cm³/mol. The van der Waals surface area contributed by atoms with Crippen LogP contribution in [0.15, 0.2) is 91.0 Å². The first-order valence-corrected chi connectivity index (χ1v) is 16.3. The number of hydrogen-bond donors (Lipinski definition) is 0. The van der Waals surface area contributed by atoms with Crippen LogP contribution < -0.4 is 23.8 Å². The topological polar surface area (TPSA) is 63.7 Å². The van der Waals surface area contributed by atoms with Gasteiger partial charge in [-0.3, -0.25) is 9.69 Å². The van der Waals surface area contributed by atoms with Crippen LogP contribution in [0.5, 0.6) is 23.0 Å². The van der Waals surface area contributed by atoms with E-state index in [1.807, 2.05) is 35.2 Å². The quantitative estimate of drug-likeness (QED) is 0.204. The zero-order valence-electron chi connectivity index (χ0n) is 27.9. The van der Waals surface area contributed by atoms with Gasteiger partial charge in [0.1, 0.15) is 23.0 Å². The molecule has 0 aliphatic carbocycles. The fourth-order valence-corrected chi connectivity index (χ4v) is 7.12. The molecule has 0 atom stereocenters. The molecule has 0 spiro atoms. The van der Waals surface area contributed by atoms with Crippen molar-refractivity contribution in [2.45, 2.75) is 24.8 Å². The number of methoxy groups -OCH3 is 4. The van der Waals surface area contributed by atoms with E-state index in [0.29, 0.717) is 13.1 Å². The van der Waals surface area contributed by atoms with Gasteiger partial charge in [0.25, 0.3) is 5.91 Å². The van der Waals surface area contributed by atoms with E-state index in [-0.39, 0.29) is 11.3 Å². The van der Waals surface area contributed by atoms with Crippen LogP contribution in [0.2, 0.25) is 0 Å². The molecule has 0 N–H and O–H groups in total. The molecule has 47 heavy (non-hydrogen) atoms. The van der Waals surface area contributed by atoms with Gasteiger partial charge in [-0.2, -0.15) is 0 Å². The molecule has 6 rings (SSSR count). The number of carbonyl (C=O) groups excluding carboxylic acids is 1. The fraction of sp³-hybridized carbons (Fsp3) is 0.359. The van der Waals surface area contributed by atoms with Crippen LogP contribution in [0, 0.1) is 0 Å². The second-order valence-corrected chi connectivity index (χ2v) is 12.4. The molecule has 1 amide bonds. The van der Waals surface area contributed by atoms with E-state index >= 15 is 0 Å². The summed E-state index contributed by atoms with van der Waals surface area (Å²) in [7, 11) is 6.73. The molecule has 2 heterocycles. The Labute approximate surface area is 278 Å². The molecule has 4 aromatic rings. The van der Waals surface area contributed by atoms with Gasteiger partial charge in [-0.1, -0.05) is 36.4 Å². The number of nitrogens with zero attached hydrogens (tertiary/aromatic N) is 3. The third kappa shape index (κ3) is 7.03. The van der Waals surface area contributed by atoms with Crippen LogP contribution in [-0.4, -0.2) is 83.4 Å². The van der Waals surface area contributed by atoms with Crippen molar-refractivity contribution in [1.82, 2.24) is 9.80 Å². The molecule has 0 unspecified atom stereocenters. The van der Waals surface area contributed by atoms with Gasteiger partial charge in [0, 0.05) is 74.1 Å². The van der Waals surface area contributed by atoms with Gasteiger partial charge in [-0.25, -0.2) is 0 Å². The van der Waals surface area contributed by atoms with E-state index in [9.17, 15) is 4.79 Å². The summed E-state index contributed by atoms with van der Waals surface area (Å²) in [5.41, 5.74) is 5.33. The Hall–Kier alpha value is -4.69. The Bertz CT molecular complexity index is 1580. The largest absolute Gasteiger partial charge is 0.497 e. The molecule has 8 heteroatoms. The lowest BCUT2D eigenvalue weighted by molar-refractivity contribution is 0.0746. The molecule has 2 aliphatic heterocycles. The highest BCUT2D eigenvalue weighted by Crippen LogP contribution is 2.42. The molecule has 4 aromatic carbocycles. The summed E-state index contributed by atoms with van der Waals surface area (Å²) in [5.74, 6) is 3.31. The molecule has 246 valence electrons. The van der Waals surface area contributed by atoms with Crippen LogP contribution in [0.25, 0.3) is 0 Å². The summed E-state index contributed by atoms with van der Waals surface area (Å²) >= 11 is 0. The Morgan fingerprint density at radius 1 is 0.660 bits per heavy atom. The first-order chi connectivity index (χ1) is 22.9. The van der Waals surface area contributed by atoms with Crippen molar-refractivity contribution in [3.05, 3.63) is 113 Å². The van der Waals surface area contributed by atoms with Gasteiger partial charge in [0.2, 0.25) is 0 Å². The van der Waals surface area contributed by atoms with Gasteiger partial charge < -0.3 is 28.7 Å². The van der Waals surface area contributed by atoms with Crippen molar-refractivity contribution in [2.75, 3.05) is 72.6 Å². The zero-order chi connectivity index (χ0) is 32.8. The maximum atomic E-state index is 13.7. The average Bonchev–Trinajstić information content (AvgIpc) is 3.14. The minimum absolute atomic E-state index is 0.0826. The Morgan fingerprint density at radius 2 is 1.23 bits per heavy atom. The summed E-state index contributed by atoms with van der Waals surface area (Å²) < 4.78 is 21.9. The molecule has 8 nitrogen and oxygen atoms in total. The minimum Gasteiger partial charge on any atom is -0.497 e. The number of hydrogen-bond acceptors (Lipinski definition) is 7. The molecular weight excluding hydrogens is 590 g/mol. The maximum Gasteiger partial charge on any atom is 0.253 e. The average molecular weight is 636 g/mol. The third-order valence-electron chi connectivity index (χ3n) is 9.70. The van der Waals surface area contributed by atoms with Crippen molar-refractivity contribution in [2.24, 2.45) is 0 Å². The summed E-state index contributed by atoms with van der Waals surface area (Å²) in [6.45, 7) is 5.45. The molecule has 0 saturated carbocycles. The van der Waals surface area contributed by atoms with E-state index in [1.165, 1.54) is 11.1 Å². The van der Waals surface area contributed by atoms with E-state index in [0.717, 1.165) is 85.4 Å². The van der Waals surface area contributed by atoms with Gasteiger partial charge in [0.05, 0.1) is 28.4 Å². The van der Waals surface area contributed by atoms with Gasteiger partial charge in [0.15, 0.2) is 0 Å². The van der Waals surface area contributed by atoms with Crippen LogP contribution in [0.4, 0.5) is 5.69 Å². The van der Waals surface area contributed by atoms with Gasteiger partial charge >= 0.3 is 0 Å². The number of piperidine rings is 1. The molecular formula is C39H45N3O5. The number of piperazine rings is 1. The molecule has 2 aliphatic rings. The minimum atomic E-state index is -0.170. The third-order valence-corrected chi connectivity index (χ3v) is 9.70. The number of ether oxygens (including phenoxy) is 4. The second kappa shape index (κ2) is 14.4. The van der Waals surface area contributed by atoms with E-state index in [2.05, 4.69) is 70.5 Å². The van der Waals surface area contributed by atoms with Crippen molar-refractivity contribution < 1.29 is 23.7 Å². The number of anilines is 1. The van der Waals surface area contributed by atoms with Crippen molar-refractivity contribution in [3.63, 3.8) is 0 Å². The van der Waals surface area contributed by atoms with Gasteiger partial charge in [-0.15, -0.1) is 0 Å². The van der Waals surface area contributed by atoms with Crippen LogP contribution in [0.1, 0.15) is 39.9 Å². The number of rotatable bonds is 10. The maximum absolute atomic E-state index is 13.7. The predicted octanol–water partition coefficient (Wildman–Crippen LogP) is 6.27. The normalized spacial score (nSPS) is 16.4. The lowest BCUT2D eigenvalue weighted by Crippen LogP contribution is -2.48. The van der Waals surface area contributed by atoms with Crippen molar-refractivity contribution in [1.29, 1.82) is 0 Å². The number of likely N-dealkylation sites (tertiary alicyclic amines) is 1. The Morgan fingerprint density at radius 3 is 1.79 bits per heavy atom. The lowest BCUT2D eigenvalue weighted by atomic mass is 9.69. The smallest absolute Gasteiger partial charge is 0.253 e. The van der Waals surface area contributed by atoms with Crippen LogP contribution >= 0.6 is 0 Å². The summed E-state index contributed by atoms with van der Waals surface area (Å²) in [6, 6.07) is 31.1. The number of benzene rings is 4. The fourth-order valence-electron chi connectivity index (χ4n) is 7.12. The molecule has 0 radical (unpaired) electrons. The summed E-state index contributed by atoms with van der Waals surface area (Å²) in [6.07, 6.45) is 2.12. The van der Waals surface area contributed by atoms with Crippen LogP contribution in [0.3, 0.4) is 0 Å². The second-order valence-electron chi connectivity index (χ2n) is 12.4. The first kappa shape index (κ1) is 32.3. The Kier molecular flexibility index (Phi) is 9.87. The van der Waals surface area contributed by atoms with E-state index in [1.54, 1.807) is 28.4 Å². The zero-order valence-corrected chi connectivity index (χ0v) is 27.9. The van der Waals surface area contributed by atoms with Gasteiger partial charge in [-0.05, 0) is 72.5 Å². The standard InChI is InChI=1S/C39H45N3O5/c1-44-34-13-9-31(10-14-34)39(32-11-15-35(45-2)16-12-32)17-6-18-40(28-39)27-29-7-5-8-30(23-29)38(43)42-21-19-41(20-22-42)33-24-36(46-3)26-37(25-33)47-4/h5,7-16,23-26H,6,17-22,27-28H2,1-4H3. The molecule has 0 aromatic heterocycles. The highest BCUT2D eigenvalue weighted by Gasteiger charge is 2.39. The monoisotopic (exact) mass is 635 g/mol. The summed E-state index contributed by atoms with van der Waals surface area (Å²) in [5, 5.41) is 0. The molecule has 2 fully saturated rings. The van der Waals surface area contributed by atoms with E-state index in [4.69, 9.17) is 18.9 Å². The molecule has 0 bridgehead atoms. The van der Waals surface area contributed by atoms with Crippen LogP contribution in [-0.2, 0) is 12.0 Å². The van der Waals surface area contributed by atoms with Crippen molar-refractivity contribution in [3.8, 4) is 23.0 Å². The highest BCUT2D eigenvalue weighted by molar-refractivity contribution is 5.94. The van der Waals surface area contributed by atoms with Crippen molar-refractivity contribution >= 4 is 11.6 Å². The first-order valence-electron chi connectivity index (χ1n) is 16.3. The molecule has 2 saturated heterocycles. The lowest BCUT2D eigenvalue weighted by Gasteiger charge is -2.44. The summed E-state index contributed by atoms with van der Waals surface area (Å²) in [4.78, 5) is 20.5. The highest BCUT2D eigenvalue weighted by atomic mass is 16.5. The Balaban J connectivity index is 1.16. The SMILES string of the molecule is COc1ccc(C2(c3ccc(OC)cc3)CCCN(Cc3cccc(C(=O)N4CCN(c5cc(OC)cc(OC)c5)CC4)c3)C2)cc1. The van der Waals surface area contributed by atoms with E-state index < -0.39 is 0 Å². The number of carbonyl (C=O) groups is 1. The number of amides is 1.